The maximum atomic E-state index is 11.3. The maximum absolute atomic E-state index is 11.3. The zero-order valence-corrected chi connectivity index (χ0v) is 18.6. The van der Waals surface area contributed by atoms with Crippen molar-refractivity contribution in [3.05, 3.63) is 83.4 Å². The van der Waals surface area contributed by atoms with Crippen molar-refractivity contribution in [2.45, 2.75) is 12.6 Å². The molecule has 0 amide bonds. The molecular formula is C25H22ClN3O4. The monoisotopic (exact) mass is 463 g/mol. The van der Waals surface area contributed by atoms with E-state index >= 15 is 0 Å². The summed E-state index contributed by atoms with van der Waals surface area (Å²) < 4.78 is 5.94. The maximum Gasteiger partial charge on any atom is 0.323 e. The van der Waals surface area contributed by atoms with Crippen LogP contribution in [0, 0.1) is 0 Å². The van der Waals surface area contributed by atoms with E-state index in [0.717, 1.165) is 16.7 Å². The second-order valence-corrected chi connectivity index (χ2v) is 7.98. The summed E-state index contributed by atoms with van der Waals surface area (Å²) in [6.45, 7) is -0.140. The lowest BCUT2D eigenvalue weighted by Crippen LogP contribution is -2.40. The van der Waals surface area contributed by atoms with E-state index in [0.29, 0.717) is 34.5 Å². The Balaban J connectivity index is 1.60. The zero-order chi connectivity index (χ0) is 23.4. The van der Waals surface area contributed by atoms with E-state index in [1.165, 1.54) is 0 Å². The predicted octanol–water partition coefficient (Wildman–Crippen LogP) is 4.60. The van der Waals surface area contributed by atoms with Crippen LogP contribution >= 0.6 is 11.6 Å². The molecule has 4 aromatic rings. The average molecular weight is 464 g/mol. The summed E-state index contributed by atoms with van der Waals surface area (Å²) in [5.74, 6) is -0.443. The number of likely N-dealkylation sites (N-methyl/N-ethyl adjacent to an activating group) is 1. The summed E-state index contributed by atoms with van der Waals surface area (Å²) in [5.41, 5.74) is 4.05. The Morgan fingerprint density at radius 3 is 2.36 bits per heavy atom. The summed E-state index contributed by atoms with van der Waals surface area (Å²) >= 11 is 6.68. The molecular weight excluding hydrogens is 442 g/mol. The number of aliphatic hydroxyl groups excluding tert-OH is 1. The zero-order valence-electron chi connectivity index (χ0n) is 17.9. The number of hydrogen-bond acceptors (Lipinski definition) is 6. The molecule has 0 bridgehead atoms. The highest BCUT2D eigenvalue weighted by atomic mass is 35.5. The Hall–Kier alpha value is -3.52. The van der Waals surface area contributed by atoms with Crippen molar-refractivity contribution in [3.8, 4) is 34.0 Å². The Bertz CT molecular complexity index is 1260. The van der Waals surface area contributed by atoms with Crippen molar-refractivity contribution < 1.29 is 19.4 Å². The summed E-state index contributed by atoms with van der Waals surface area (Å²) in [4.78, 5) is 12.8. The van der Waals surface area contributed by atoms with Gasteiger partial charge in [-0.15, -0.1) is 10.2 Å². The third kappa shape index (κ3) is 4.96. The van der Waals surface area contributed by atoms with E-state index in [9.17, 15) is 15.0 Å². The van der Waals surface area contributed by atoms with E-state index in [2.05, 4.69) is 10.2 Å². The molecule has 0 unspecified atom stereocenters. The molecule has 0 saturated carbocycles. The first-order chi connectivity index (χ1) is 16.0. The van der Waals surface area contributed by atoms with Gasteiger partial charge in [0.2, 0.25) is 11.8 Å². The first-order valence-corrected chi connectivity index (χ1v) is 10.7. The minimum absolute atomic E-state index is 0.307. The summed E-state index contributed by atoms with van der Waals surface area (Å²) in [6, 6.07) is 21.9. The largest absolute Gasteiger partial charge is 0.480 e. The quantitative estimate of drug-likeness (QED) is 0.394. The standard InChI is InChI=1S/C25H22ClN3O4/c1-29(21(15-30)25(31)32)14-16-7-5-10-18(13-16)23-27-28-24(33-23)20-12-6-11-19(22(20)26)17-8-3-2-4-9-17/h2-13,21,30H,14-15H2,1H3,(H,31,32)/t21-/m0/s1. The van der Waals surface area contributed by atoms with Crippen molar-refractivity contribution in [3.63, 3.8) is 0 Å². The number of benzene rings is 3. The fourth-order valence-corrected chi connectivity index (χ4v) is 3.91. The molecule has 0 fully saturated rings. The molecule has 33 heavy (non-hydrogen) atoms. The SMILES string of the molecule is CN(Cc1cccc(-c2nnc(-c3cccc(-c4ccccc4)c3Cl)o2)c1)[C@@H](CO)C(=O)O. The third-order valence-electron chi connectivity index (χ3n) is 5.33. The van der Waals surface area contributed by atoms with Crippen molar-refractivity contribution in [2.24, 2.45) is 0 Å². The van der Waals surface area contributed by atoms with Crippen LogP contribution in [-0.4, -0.2) is 51.0 Å². The van der Waals surface area contributed by atoms with Crippen molar-refractivity contribution >= 4 is 17.6 Å². The van der Waals surface area contributed by atoms with Crippen LogP contribution in [0.25, 0.3) is 34.0 Å². The fourth-order valence-electron chi connectivity index (χ4n) is 3.59. The van der Waals surface area contributed by atoms with Crippen molar-refractivity contribution in [1.82, 2.24) is 15.1 Å². The van der Waals surface area contributed by atoms with Crippen LogP contribution in [0.3, 0.4) is 0 Å². The van der Waals surface area contributed by atoms with E-state index < -0.39 is 18.6 Å². The topological polar surface area (TPSA) is 99.7 Å². The molecule has 1 atom stereocenters. The van der Waals surface area contributed by atoms with E-state index in [1.54, 1.807) is 11.9 Å². The number of aliphatic carboxylic acids is 1. The van der Waals surface area contributed by atoms with Gasteiger partial charge in [0.25, 0.3) is 0 Å². The summed E-state index contributed by atoms with van der Waals surface area (Å²) in [6.07, 6.45) is 0. The lowest BCUT2D eigenvalue weighted by Gasteiger charge is -2.22. The van der Waals surface area contributed by atoms with Crippen LogP contribution in [0.15, 0.2) is 77.2 Å². The number of hydrogen-bond donors (Lipinski definition) is 2. The Morgan fingerprint density at radius 2 is 1.64 bits per heavy atom. The molecule has 0 aliphatic heterocycles. The molecule has 0 saturated heterocycles. The first kappa shape index (κ1) is 22.7. The average Bonchev–Trinajstić information content (AvgIpc) is 3.30. The molecule has 4 rings (SSSR count). The van der Waals surface area contributed by atoms with Crippen LogP contribution < -0.4 is 0 Å². The number of carbonyl (C=O) groups is 1. The minimum atomic E-state index is -1.08. The Kier molecular flexibility index (Phi) is 6.84. The first-order valence-electron chi connectivity index (χ1n) is 10.3. The number of carboxylic acid groups (broad SMARTS) is 1. The van der Waals surface area contributed by atoms with Gasteiger partial charge in [0, 0.05) is 17.7 Å². The molecule has 3 aromatic carbocycles. The second kappa shape index (κ2) is 9.95. The number of aromatic nitrogens is 2. The van der Waals surface area contributed by atoms with Gasteiger partial charge in [-0.3, -0.25) is 9.69 Å². The molecule has 1 heterocycles. The predicted molar refractivity (Wildman–Crippen MR) is 126 cm³/mol. The molecule has 2 N–H and O–H groups in total. The highest BCUT2D eigenvalue weighted by Crippen LogP contribution is 2.36. The van der Waals surface area contributed by atoms with Gasteiger partial charge in [0.05, 0.1) is 17.2 Å². The Labute approximate surface area is 195 Å². The van der Waals surface area contributed by atoms with E-state index in [1.807, 2.05) is 72.8 Å². The third-order valence-corrected chi connectivity index (χ3v) is 5.74. The lowest BCUT2D eigenvalue weighted by atomic mass is 10.0. The van der Waals surface area contributed by atoms with Crippen molar-refractivity contribution in [2.75, 3.05) is 13.7 Å². The smallest absolute Gasteiger partial charge is 0.323 e. The molecule has 0 radical (unpaired) electrons. The Morgan fingerprint density at radius 1 is 0.970 bits per heavy atom. The normalized spacial score (nSPS) is 12.1. The molecule has 7 nitrogen and oxygen atoms in total. The number of halogens is 1. The number of nitrogens with zero attached hydrogens (tertiary/aromatic N) is 3. The van der Waals surface area contributed by atoms with Crippen LogP contribution in [-0.2, 0) is 11.3 Å². The number of rotatable bonds is 8. The summed E-state index contributed by atoms with van der Waals surface area (Å²) in [5, 5.41) is 27.5. The van der Waals surface area contributed by atoms with Gasteiger partial charge in [-0.1, -0.05) is 66.2 Å². The van der Waals surface area contributed by atoms with Gasteiger partial charge in [-0.2, -0.15) is 0 Å². The molecule has 0 aliphatic rings. The second-order valence-electron chi connectivity index (χ2n) is 7.60. The fraction of sp³-hybridized carbons (Fsp3) is 0.160. The van der Waals surface area contributed by atoms with Gasteiger partial charge < -0.3 is 14.6 Å². The van der Waals surface area contributed by atoms with Crippen LogP contribution in [0.5, 0.6) is 0 Å². The number of aliphatic hydroxyl groups is 1. The highest BCUT2D eigenvalue weighted by molar-refractivity contribution is 6.35. The van der Waals surface area contributed by atoms with E-state index in [4.69, 9.17) is 16.0 Å². The van der Waals surface area contributed by atoms with E-state index in [-0.39, 0.29) is 0 Å². The molecule has 1 aromatic heterocycles. The van der Waals surface area contributed by atoms with Gasteiger partial charge in [0.1, 0.15) is 6.04 Å². The van der Waals surface area contributed by atoms with Crippen LogP contribution in [0.1, 0.15) is 5.56 Å². The highest BCUT2D eigenvalue weighted by Gasteiger charge is 2.22. The molecule has 0 aliphatic carbocycles. The van der Waals surface area contributed by atoms with Gasteiger partial charge in [-0.25, -0.2) is 0 Å². The number of carboxylic acids is 1. The molecule has 8 heteroatoms. The molecule has 0 spiro atoms. The van der Waals surface area contributed by atoms with Gasteiger partial charge in [0.15, 0.2) is 0 Å². The van der Waals surface area contributed by atoms with Gasteiger partial charge in [-0.05, 0) is 36.4 Å². The van der Waals surface area contributed by atoms with Crippen LogP contribution in [0.2, 0.25) is 5.02 Å². The summed E-state index contributed by atoms with van der Waals surface area (Å²) in [7, 11) is 1.65. The van der Waals surface area contributed by atoms with Gasteiger partial charge >= 0.3 is 5.97 Å². The van der Waals surface area contributed by atoms with Crippen molar-refractivity contribution in [1.29, 1.82) is 0 Å². The van der Waals surface area contributed by atoms with Crippen LogP contribution in [0.4, 0.5) is 0 Å². The lowest BCUT2D eigenvalue weighted by molar-refractivity contribution is -0.144. The molecule has 168 valence electrons. The minimum Gasteiger partial charge on any atom is -0.480 e.